The summed E-state index contributed by atoms with van der Waals surface area (Å²) >= 11 is 0.672. The van der Waals surface area contributed by atoms with Crippen molar-refractivity contribution < 1.29 is 9.53 Å². The molecule has 7 unspecified atom stereocenters. The SMILES string of the molecule is CC.CC.CC12CCCCC1CCC1(N)C2CCC2(C)C(CCOC(=O)SN)CCC21. The molecule has 0 aliphatic heterocycles. The van der Waals surface area contributed by atoms with E-state index in [1.807, 2.05) is 27.7 Å². The highest BCUT2D eigenvalue weighted by atomic mass is 32.2. The molecule has 0 amide bonds. The third kappa shape index (κ3) is 4.84. The van der Waals surface area contributed by atoms with Gasteiger partial charge in [0.15, 0.2) is 0 Å². The van der Waals surface area contributed by atoms with Crippen LogP contribution in [0.25, 0.3) is 0 Å². The maximum atomic E-state index is 11.4. The molecular formula is C26H50N2O2S. The van der Waals surface area contributed by atoms with Crippen LogP contribution in [0.4, 0.5) is 4.79 Å². The Bertz CT molecular complexity index is 588. The lowest BCUT2D eigenvalue weighted by molar-refractivity contribution is -0.126. The van der Waals surface area contributed by atoms with E-state index in [0.29, 0.717) is 47.1 Å². The molecule has 0 heterocycles. The molecule has 0 saturated heterocycles. The third-order valence-corrected chi connectivity index (χ3v) is 10.1. The van der Waals surface area contributed by atoms with Crippen molar-refractivity contribution in [1.29, 1.82) is 0 Å². The molecule has 4 fully saturated rings. The molecule has 7 atom stereocenters. The summed E-state index contributed by atoms with van der Waals surface area (Å²) in [6.07, 6.45) is 14.3. The summed E-state index contributed by atoms with van der Waals surface area (Å²) < 4.78 is 5.26. The highest BCUT2D eigenvalue weighted by Crippen LogP contribution is 2.68. The van der Waals surface area contributed by atoms with Gasteiger partial charge in [0, 0.05) is 17.5 Å². The predicted molar refractivity (Wildman–Crippen MR) is 134 cm³/mol. The second-order valence-corrected chi connectivity index (χ2v) is 11.1. The van der Waals surface area contributed by atoms with Crippen molar-refractivity contribution in [1.82, 2.24) is 0 Å². The van der Waals surface area contributed by atoms with Crippen molar-refractivity contribution in [3.63, 3.8) is 0 Å². The van der Waals surface area contributed by atoms with Crippen LogP contribution in [0.2, 0.25) is 0 Å². The molecule has 0 aromatic rings. The first-order valence-electron chi connectivity index (χ1n) is 13.2. The van der Waals surface area contributed by atoms with Crippen LogP contribution in [0.15, 0.2) is 0 Å². The van der Waals surface area contributed by atoms with Crippen LogP contribution in [-0.2, 0) is 4.74 Å². The van der Waals surface area contributed by atoms with Crippen molar-refractivity contribution in [3.05, 3.63) is 0 Å². The van der Waals surface area contributed by atoms with Gasteiger partial charge in [-0.2, -0.15) is 0 Å². The summed E-state index contributed by atoms with van der Waals surface area (Å²) in [6, 6.07) is 0. The van der Waals surface area contributed by atoms with Crippen LogP contribution in [0, 0.1) is 34.5 Å². The van der Waals surface area contributed by atoms with Gasteiger partial charge >= 0.3 is 5.30 Å². The zero-order valence-corrected chi connectivity index (χ0v) is 22.0. The van der Waals surface area contributed by atoms with Crippen molar-refractivity contribution in [2.24, 2.45) is 45.4 Å². The number of ether oxygens (including phenoxy) is 1. The number of carbonyl (C=O) groups excluding carboxylic acids is 1. The molecule has 4 nitrogen and oxygen atoms in total. The van der Waals surface area contributed by atoms with Gasteiger partial charge in [-0.25, -0.2) is 4.79 Å². The van der Waals surface area contributed by atoms with Crippen molar-refractivity contribution >= 4 is 17.2 Å². The fourth-order valence-electron chi connectivity index (χ4n) is 8.41. The average Bonchev–Trinajstić information content (AvgIpc) is 3.13. The molecule has 182 valence electrons. The normalized spacial score (nSPS) is 43.1. The van der Waals surface area contributed by atoms with Gasteiger partial charge in [0.1, 0.15) is 0 Å². The van der Waals surface area contributed by atoms with E-state index in [0.717, 1.165) is 12.3 Å². The average molecular weight is 455 g/mol. The van der Waals surface area contributed by atoms with Crippen molar-refractivity contribution in [2.75, 3.05) is 6.61 Å². The van der Waals surface area contributed by atoms with Gasteiger partial charge in [0.05, 0.1) is 6.61 Å². The van der Waals surface area contributed by atoms with Crippen LogP contribution in [0.1, 0.15) is 112 Å². The summed E-state index contributed by atoms with van der Waals surface area (Å²) in [6.45, 7) is 13.6. The Kier molecular flexibility index (Phi) is 9.79. The van der Waals surface area contributed by atoms with Gasteiger partial charge in [-0.15, -0.1) is 0 Å². The van der Waals surface area contributed by atoms with Gasteiger partial charge in [0.25, 0.3) is 0 Å². The Morgan fingerprint density at radius 2 is 1.58 bits per heavy atom. The molecular weight excluding hydrogens is 404 g/mol. The predicted octanol–water partition coefficient (Wildman–Crippen LogP) is 7.30. The second kappa shape index (κ2) is 11.2. The molecule has 4 N–H and O–H groups in total. The largest absolute Gasteiger partial charge is 0.457 e. The zero-order valence-electron chi connectivity index (χ0n) is 21.2. The summed E-state index contributed by atoms with van der Waals surface area (Å²) in [5.74, 6) is 2.86. The van der Waals surface area contributed by atoms with E-state index in [1.165, 1.54) is 64.2 Å². The fourth-order valence-corrected chi connectivity index (χ4v) is 8.56. The number of hydrogen-bond acceptors (Lipinski definition) is 5. The van der Waals surface area contributed by atoms with Crippen LogP contribution in [0.3, 0.4) is 0 Å². The van der Waals surface area contributed by atoms with E-state index >= 15 is 0 Å². The van der Waals surface area contributed by atoms with Gasteiger partial charge in [-0.1, -0.05) is 54.4 Å². The minimum atomic E-state index is -0.364. The number of fused-ring (bicyclic) bond motifs is 5. The second-order valence-electron chi connectivity index (χ2n) is 10.5. The summed E-state index contributed by atoms with van der Waals surface area (Å²) in [7, 11) is 0. The zero-order chi connectivity index (χ0) is 23.3. The molecule has 0 aromatic heterocycles. The lowest BCUT2D eigenvalue weighted by atomic mass is 9.42. The molecule has 0 spiro atoms. The molecule has 31 heavy (non-hydrogen) atoms. The number of carbonyl (C=O) groups is 1. The quantitative estimate of drug-likeness (QED) is 0.345. The molecule has 4 aliphatic carbocycles. The van der Waals surface area contributed by atoms with E-state index in [4.69, 9.17) is 15.6 Å². The van der Waals surface area contributed by atoms with Crippen LogP contribution >= 0.6 is 11.9 Å². The fraction of sp³-hybridized carbons (Fsp3) is 0.962. The number of hydrogen-bond donors (Lipinski definition) is 2. The van der Waals surface area contributed by atoms with Crippen molar-refractivity contribution in [3.8, 4) is 0 Å². The van der Waals surface area contributed by atoms with Gasteiger partial charge in [-0.05, 0) is 92.3 Å². The highest BCUT2D eigenvalue weighted by Gasteiger charge is 2.64. The lowest BCUT2D eigenvalue weighted by Gasteiger charge is -2.65. The van der Waals surface area contributed by atoms with Crippen LogP contribution < -0.4 is 10.9 Å². The molecule has 4 saturated carbocycles. The summed E-state index contributed by atoms with van der Waals surface area (Å²) in [5.41, 5.74) is 8.19. The van der Waals surface area contributed by atoms with Gasteiger partial charge < -0.3 is 10.5 Å². The van der Waals surface area contributed by atoms with E-state index in [9.17, 15) is 4.79 Å². The molecule has 5 heteroatoms. The highest BCUT2D eigenvalue weighted by molar-refractivity contribution is 8.11. The first-order valence-corrected chi connectivity index (χ1v) is 14.0. The minimum absolute atomic E-state index is 0.0220. The van der Waals surface area contributed by atoms with Gasteiger partial charge in [-0.3, -0.25) is 5.14 Å². The minimum Gasteiger partial charge on any atom is -0.457 e. The Hall–Kier alpha value is -0.260. The molecule has 0 bridgehead atoms. The van der Waals surface area contributed by atoms with Gasteiger partial charge in [0.2, 0.25) is 0 Å². The van der Waals surface area contributed by atoms with E-state index in [-0.39, 0.29) is 10.8 Å². The number of nitrogens with two attached hydrogens (primary N) is 2. The maximum Gasteiger partial charge on any atom is 0.382 e. The molecule has 0 aromatic carbocycles. The standard InChI is InChI=1S/C22H38N2O2S.2C2H6/c1-20-11-4-3-5-15(20)8-13-22(23)17-7-6-16(10-14-26-19(25)27-24)21(17,2)12-9-18(20)22;2*1-2/h15-18H,3-14,23-24H2,1-2H3;2*1-2H3. The summed E-state index contributed by atoms with van der Waals surface area (Å²) in [4.78, 5) is 11.4. The first kappa shape index (κ1) is 27.0. The molecule has 4 rings (SSSR count). The van der Waals surface area contributed by atoms with E-state index in [1.54, 1.807) is 0 Å². The maximum absolute atomic E-state index is 11.4. The van der Waals surface area contributed by atoms with Crippen LogP contribution in [0.5, 0.6) is 0 Å². The van der Waals surface area contributed by atoms with E-state index in [2.05, 4.69) is 13.8 Å². The Morgan fingerprint density at radius 1 is 0.903 bits per heavy atom. The smallest absolute Gasteiger partial charge is 0.382 e. The Balaban J connectivity index is 0.000000807. The molecule has 0 radical (unpaired) electrons. The van der Waals surface area contributed by atoms with E-state index < -0.39 is 0 Å². The first-order chi connectivity index (χ1) is 14.8. The lowest BCUT2D eigenvalue weighted by Crippen LogP contribution is -2.67. The summed E-state index contributed by atoms with van der Waals surface area (Å²) in [5, 5.41) is 4.92. The third-order valence-electron chi connectivity index (χ3n) is 9.76. The molecule has 4 aliphatic rings. The Morgan fingerprint density at radius 3 is 2.26 bits per heavy atom. The van der Waals surface area contributed by atoms with Crippen molar-refractivity contribution in [2.45, 2.75) is 118 Å². The topological polar surface area (TPSA) is 78.3 Å². The Labute approximate surface area is 196 Å². The number of rotatable bonds is 3. The van der Waals surface area contributed by atoms with Crippen LogP contribution in [-0.4, -0.2) is 17.4 Å². The monoisotopic (exact) mass is 454 g/mol.